The minimum atomic E-state index is -1.11. The lowest BCUT2D eigenvalue weighted by atomic mass is 10.1. The van der Waals surface area contributed by atoms with E-state index in [1.807, 2.05) is 13.8 Å². The van der Waals surface area contributed by atoms with Crippen LogP contribution in [-0.2, 0) is 14.5 Å². The number of benzene rings is 1. The van der Waals surface area contributed by atoms with Crippen molar-refractivity contribution in [2.24, 2.45) is 5.92 Å². The zero-order valence-electron chi connectivity index (χ0n) is 13.7. The molecule has 0 aliphatic heterocycles. The maximum atomic E-state index is 12.0. The molecule has 0 heterocycles. The maximum absolute atomic E-state index is 12.0. The van der Waals surface area contributed by atoms with Crippen LogP contribution in [0.2, 0.25) is 0 Å². The average molecular weight is 328 g/mol. The second-order valence-corrected chi connectivity index (χ2v) is 4.79. The third-order valence-corrected chi connectivity index (χ3v) is 2.64. The van der Waals surface area contributed by atoms with Crippen molar-refractivity contribution >= 4 is 12.1 Å². The van der Waals surface area contributed by atoms with E-state index in [0.29, 0.717) is 5.75 Å². The van der Waals surface area contributed by atoms with Gasteiger partial charge < -0.3 is 18.9 Å². The van der Waals surface area contributed by atoms with E-state index in [-0.39, 0.29) is 29.6 Å². The van der Waals surface area contributed by atoms with Gasteiger partial charge in [-0.15, -0.1) is 0 Å². The van der Waals surface area contributed by atoms with Crippen LogP contribution >= 0.6 is 0 Å². The lowest BCUT2D eigenvalue weighted by Gasteiger charge is -2.14. The van der Waals surface area contributed by atoms with Crippen LogP contribution in [0.3, 0.4) is 0 Å². The largest absolute Gasteiger partial charge is 0.549 e. The van der Waals surface area contributed by atoms with Gasteiger partial charge in [0.2, 0.25) is 5.75 Å². The molecule has 0 saturated carbocycles. The molecule has 0 fully saturated rings. The number of ether oxygens (including phenoxy) is 4. The van der Waals surface area contributed by atoms with Crippen LogP contribution in [0.5, 0.6) is 17.2 Å². The van der Waals surface area contributed by atoms with Crippen LogP contribution < -0.4 is 14.2 Å². The molecule has 0 bridgehead atoms. The Kier molecular flexibility index (Phi) is 6.98. The summed E-state index contributed by atoms with van der Waals surface area (Å²) in [6.45, 7) is 3.86. The first-order valence-electron chi connectivity index (χ1n) is 6.79. The van der Waals surface area contributed by atoms with Crippen molar-refractivity contribution in [1.82, 2.24) is 0 Å². The third-order valence-electron chi connectivity index (χ3n) is 2.64. The molecular weight excluding hydrogens is 308 g/mol. The first-order valence-corrected chi connectivity index (χ1v) is 6.79. The van der Waals surface area contributed by atoms with Crippen molar-refractivity contribution < 1.29 is 38.3 Å². The summed E-state index contributed by atoms with van der Waals surface area (Å²) in [4.78, 5) is 32.0. The van der Waals surface area contributed by atoms with Gasteiger partial charge in [-0.25, -0.2) is 14.6 Å². The fourth-order valence-electron chi connectivity index (χ4n) is 1.64. The summed E-state index contributed by atoms with van der Waals surface area (Å²) in [5, 5.41) is 0. The first-order chi connectivity index (χ1) is 10.9. The summed E-state index contributed by atoms with van der Waals surface area (Å²) < 4.78 is 20.1. The fourth-order valence-corrected chi connectivity index (χ4v) is 1.64. The predicted molar refractivity (Wildman–Crippen MR) is 78.8 cm³/mol. The summed E-state index contributed by atoms with van der Waals surface area (Å²) in [5.41, 5.74) is 0.00168. The molecule has 1 aromatic carbocycles. The van der Waals surface area contributed by atoms with Crippen molar-refractivity contribution in [2.75, 3.05) is 27.9 Å². The molecule has 8 heteroatoms. The first kappa shape index (κ1) is 18.4. The summed E-state index contributed by atoms with van der Waals surface area (Å²) in [6.07, 6.45) is -1.11. The molecule has 0 unspecified atom stereocenters. The zero-order chi connectivity index (χ0) is 17.4. The van der Waals surface area contributed by atoms with Gasteiger partial charge in [0.05, 0.1) is 27.9 Å². The lowest BCUT2D eigenvalue weighted by Crippen LogP contribution is -2.15. The van der Waals surface area contributed by atoms with Crippen molar-refractivity contribution in [3.05, 3.63) is 17.7 Å². The summed E-state index contributed by atoms with van der Waals surface area (Å²) in [5.74, 6) is -0.130. The van der Waals surface area contributed by atoms with Crippen molar-refractivity contribution in [1.29, 1.82) is 0 Å². The highest BCUT2D eigenvalue weighted by molar-refractivity contribution is 5.94. The molecule has 23 heavy (non-hydrogen) atoms. The van der Waals surface area contributed by atoms with Gasteiger partial charge >= 0.3 is 12.1 Å². The van der Waals surface area contributed by atoms with Crippen LogP contribution in [-0.4, -0.2) is 40.1 Å². The lowest BCUT2D eigenvalue weighted by molar-refractivity contribution is -0.204. The molecule has 1 rings (SSSR count). The molecule has 0 aromatic heterocycles. The minimum Gasteiger partial charge on any atom is -0.493 e. The molecule has 0 amide bonds. The monoisotopic (exact) mass is 328 g/mol. The summed E-state index contributed by atoms with van der Waals surface area (Å²) in [7, 11) is 4.20. The molecule has 0 atom stereocenters. The van der Waals surface area contributed by atoms with E-state index in [2.05, 4.69) is 9.78 Å². The highest BCUT2D eigenvalue weighted by Gasteiger charge is 2.23. The van der Waals surface area contributed by atoms with Crippen LogP contribution in [0.1, 0.15) is 24.2 Å². The highest BCUT2D eigenvalue weighted by Crippen LogP contribution is 2.39. The number of methoxy groups -OCH3 is 3. The molecule has 1 aromatic rings. The Hall–Kier alpha value is -2.64. The zero-order valence-corrected chi connectivity index (χ0v) is 13.7. The molecule has 0 N–H and O–H groups in total. The van der Waals surface area contributed by atoms with Gasteiger partial charge in [0.25, 0.3) is 0 Å². The van der Waals surface area contributed by atoms with E-state index >= 15 is 0 Å². The van der Waals surface area contributed by atoms with Gasteiger partial charge in [-0.05, 0) is 18.1 Å². The van der Waals surface area contributed by atoms with Gasteiger partial charge in [0.15, 0.2) is 11.5 Å². The fraction of sp³-hybridized carbons (Fsp3) is 0.467. The van der Waals surface area contributed by atoms with E-state index in [1.54, 1.807) is 0 Å². The van der Waals surface area contributed by atoms with Gasteiger partial charge in [-0.1, -0.05) is 13.8 Å². The molecule has 128 valence electrons. The minimum absolute atomic E-state index is 0.00168. The van der Waals surface area contributed by atoms with E-state index in [0.717, 1.165) is 0 Å². The van der Waals surface area contributed by atoms with Crippen LogP contribution in [0.25, 0.3) is 0 Å². The predicted octanol–water partition coefficient (Wildman–Crippen LogP) is 2.59. The Bertz CT molecular complexity index is 553. The SMILES string of the molecule is COc1ccc(C(=O)OOC(=O)OCC(C)C)c(OC)c1OC. The summed E-state index contributed by atoms with van der Waals surface area (Å²) in [6, 6.07) is 2.89. The molecule has 0 saturated heterocycles. The Morgan fingerprint density at radius 3 is 2.13 bits per heavy atom. The standard InChI is InChI=1S/C15H20O8/c1-9(2)8-21-15(17)23-22-14(16)10-6-7-11(18-3)13(20-5)12(10)19-4/h6-7,9H,8H2,1-5H3. The quantitative estimate of drug-likeness (QED) is 0.447. The Balaban J connectivity index is 2.82. The topological polar surface area (TPSA) is 89.5 Å². The van der Waals surface area contributed by atoms with Gasteiger partial charge in [0.1, 0.15) is 5.56 Å². The van der Waals surface area contributed by atoms with Crippen LogP contribution in [0.4, 0.5) is 4.79 Å². The summed E-state index contributed by atoms with van der Waals surface area (Å²) >= 11 is 0. The van der Waals surface area contributed by atoms with Crippen molar-refractivity contribution in [3.63, 3.8) is 0 Å². The van der Waals surface area contributed by atoms with Gasteiger partial charge in [-0.3, -0.25) is 0 Å². The average Bonchev–Trinajstić information content (AvgIpc) is 2.55. The molecule has 0 aliphatic carbocycles. The Morgan fingerprint density at radius 1 is 0.957 bits per heavy atom. The van der Waals surface area contributed by atoms with Crippen LogP contribution in [0, 0.1) is 5.92 Å². The number of hydrogen-bond acceptors (Lipinski definition) is 8. The van der Waals surface area contributed by atoms with Gasteiger partial charge in [-0.2, -0.15) is 4.79 Å². The molecular formula is C15H20O8. The van der Waals surface area contributed by atoms with Gasteiger partial charge in [0, 0.05) is 0 Å². The smallest absolute Gasteiger partial charge is 0.493 e. The number of carbonyl (C=O) groups is 2. The Labute approximate surface area is 134 Å². The number of hydrogen-bond donors (Lipinski definition) is 0. The van der Waals surface area contributed by atoms with E-state index in [9.17, 15) is 9.59 Å². The third kappa shape index (κ3) is 4.94. The number of carbonyl (C=O) groups excluding carboxylic acids is 2. The molecule has 0 radical (unpaired) electrons. The van der Waals surface area contributed by atoms with E-state index in [1.165, 1.54) is 33.5 Å². The second kappa shape index (κ2) is 8.72. The number of rotatable bonds is 6. The normalized spacial score (nSPS) is 10.0. The molecule has 8 nitrogen and oxygen atoms in total. The molecule has 0 aliphatic rings. The van der Waals surface area contributed by atoms with Crippen molar-refractivity contribution in [2.45, 2.75) is 13.8 Å². The van der Waals surface area contributed by atoms with Crippen molar-refractivity contribution in [3.8, 4) is 17.2 Å². The Morgan fingerprint density at radius 2 is 1.61 bits per heavy atom. The maximum Gasteiger partial charge on any atom is 0.549 e. The second-order valence-electron chi connectivity index (χ2n) is 4.79. The van der Waals surface area contributed by atoms with Crippen LogP contribution in [0.15, 0.2) is 12.1 Å². The van der Waals surface area contributed by atoms with E-state index < -0.39 is 12.1 Å². The molecule has 0 spiro atoms. The highest BCUT2D eigenvalue weighted by atomic mass is 17.2. The van der Waals surface area contributed by atoms with E-state index in [4.69, 9.17) is 18.9 Å².